The summed E-state index contributed by atoms with van der Waals surface area (Å²) in [6.45, 7) is 29.0. The van der Waals surface area contributed by atoms with E-state index in [0.29, 0.717) is 22.5 Å². The first-order valence-electron chi connectivity index (χ1n) is 19.9. The van der Waals surface area contributed by atoms with E-state index in [1.807, 2.05) is 97.1 Å². The van der Waals surface area contributed by atoms with E-state index in [1.165, 1.54) is 55.6 Å². The van der Waals surface area contributed by atoms with Crippen LogP contribution in [-0.2, 0) is 10.8 Å². The molecule has 9 rings (SSSR count). The molecule has 0 bridgehead atoms. The second-order valence-corrected chi connectivity index (χ2v) is 16.7. The van der Waals surface area contributed by atoms with Crippen molar-refractivity contribution in [2.45, 2.75) is 52.4 Å². The van der Waals surface area contributed by atoms with Crippen LogP contribution in [0.1, 0.15) is 72.2 Å². The number of rotatable bonds is 6. The van der Waals surface area contributed by atoms with Gasteiger partial charge in [0.25, 0.3) is 0 Å². The molecule has 0 aromatic heterocycles. The van der Waals surface area contributed by atoms with E-state index in [2.05, 4.69) is 110 Å². The van der Waals surface area contributed by atoms with Crippen molar-refractivity contribution in [3.8, 4) is 34.4 Å². The molecule has 0 saturated carbocycles. The lowest BCUT2D eigenvalue weighted by Gasteiger charge is -2.33. The van der Waals surface area contributed by atoms with Crippen LogP contribution in [0.4, 0.5) is 45.5 Å². The molecule has 6 heteroatoms. The van der Waals surface area contributed by atoms with E-state index in [0.717, 1.165) is 34.1 Å². The summed E-state index contributed by atoms with van der Waals surface area (Å²) in [5.41, 5.74) is 20.3. The highest BCUT2D eigenvalue weighted by Gasteiger charge is 2.48. The number of benzene rings is 7. The first-order valence-corrected chi connectivity index (χ1v) is 19.9. The average Bonchev–Trinajstić information content (AvgIpc) is 3.65. The third-order valence-electron chi connectivity index (χ3n) is 12.7. The monoisotopic (exact) mass is 772 g/mol. The fourth-order valence-corrected chi connectivity index (χ4v) is 9.62. The lowest BCUT2D eigenvalue weighted by Crippen LogP contribution is -2.25. The van der Waals surface area contributed by atoms with E-state index in [1.54, 1.807) is 0 Å². The van der Waals surface area contributed by atoms with Gasteiger partial charge < -0.3 is 9.80 Å². The summed E-state index contributed by atoms with van der Waals surface area (Å²) in [6.07, 6.45) is 0. The number of anilines is 6. The van der Waals surface area contributed by atoms with E-state index >= 15 is 0 Å². The Kier molecular flexibility index (Phi) is 8.72. The van der Waals surface area contributed by atoms with E-state index in [4.69, 9.17) is 13.1 Å². The second-order valence-electron chi connectivity index (χ2n) is 16.7. The van der Waals surface area contributed by atoms with Crippen LogP contribution in [-0.4, -0.2) is 0 Å². The van der Waals surface area contributed by atoms with Crippen LogP contribution in [0.2, 0.25) is 0 Å². The van der Waals surface area contributed by atoms with Crippen molar-refractivity contribution in [3.63, 3.8) is 0 Å². The smallest absolute Gasteiger partial charge is 0.187 e. The van der Waals surface area contributed by atoms with Crippen LogP contribution in [0.15, 0.2) is 133 Å². The minimum Gasteiger partial charge on any atom is -0.311 e. The van der Waals surface area contributed by atoms with Crippen molar-refractivity contribution < 1.29 is 0 Å². The maximum Gasteiger partial charge on any atom is 0.187 e. The molecular weight excluding hydrogens is 733 g/mol. The molecule has 286 valence electrons. The molecule has 0 heterocycles. The van der Waals surface area contributed by atoms with Gasteiger partial charge in [-0.2, -0.15) is 10.5 Å². The largest absolute Gasteiger partial charge is 0.311 e. The lowest BCUT2D eigenvalue weighted by molar-refractivity contribution is 0.600. The minimum absolute atomic E-state index is 0.351. The highest BCUT2D eigenvalue weighted by molar-refractivity contribution is 5.97. The van der Waals surface area contributed by atoms with Crippen molar-refractivity contribution >= 4 is 45.5 Å². The van der Waals surface area contributed by atoms with Gasteiger partial charge in [0.2, 0.25) is 0 Å². The summed E-state index contributed by atoms with van der Waals surface area (Å²) >= 11 is 0. The van der Waals surface area contributed by atoms with Gasteiger partial charge in [-0.25, -0.2) is 9.69 Å². The topological polar surface area (TPSA) is 62.8 Å². The Hall–Kier alpha value is -7.90. The first kappa shape index (κ1) is 37.7. The Labute approximate surface area is 352 Å². The summed E-state index contributed by atoms with van der Waals surface area (Å²) in [6, 6.07) is 48.7. The summed E-state index contributed by atoms with van der Waals surface area (Å²) in [4.78, 5) is 11.7. The quantitative estimate of drug-likeness (QED) is 0.158. The molecule has 2 aliphatic rings. The molecule has 0 saturated heterocycles. The summed E-state index contributed by atoms with van der Waals surface area (Å²) in [7, 11) is 0. The maximum absolute atomic E-state index is 9.56. The van der Waals surface area contributed by atoms with Crippen LogP contribution >= 0.6 is 0 Å². The van der Waals surface area contributed by atoms with Gasteiger partial charge in [-0.3, -0.25) is 0 Å². The zero-order valence-electron chi connectivity index (χ0n) is 34.4. The Morgan fingerprint density at radius 1 is 0.450 bits per heavy atom. The molecule has 6 nitrogen and oxygen atoms in total. The van der Waals surface area contributed by atoms with Crippen LogP contribution in [0.25, 0.3) is 31.9 Å². The van der Waals surface area contributed by atoms with Crippen molar-refractivity contribution in [2.75, 3.05) is 9.80 Å². The molecule has 0 unspecified atom stereocenters. The van der Waals surface area contributed by atoms with Gasteiger partial charge in [0.05, 0.1) is 36.4 Å². The SMILES string of the molecule is [C-]#[N+]c1ccc(N(c2ccc([N+]#[C-])cc2)c2ccc3c(c2)C(C)(C)c2c-3c(C)c(C)c3c2C(C)(C)c2cc(N(c4ccc(C#N)cc4)c4ccc(C#N)cc4)ccc2-3)cc1. The zero-order valence-corrected chi connectivity index (χ0v) is 34.4. The molecule has 0 spiro atoms. The maximum atomic E-state index is 9.56. The van der Waals surface area contributed by atoms with Gasteiger partial charge in [-0.15, -0.1) is 0 Å². The van der Waals surface area contributed by atoms with E-state index in [-0.39, 0.29) is 10.8 Å². The predicted octanol–water partition coefficient (Wildman–Crippen LogP) is 14.7. The van der Waals surface area contributed by atoms with Crippen molar-refractivity contribution in [1.82, 2.24) is 0 Å². The van der Waals surface area contributed by atoms with Gasteiger partial charge >= 0.3 is 0 Å². The van der Waals surface area contributed by atoms with Crippen molar-refractivity contribution in [1.29, 1.82) is 10.5 Å². The molecule has 0 fully saturated rings. The third-order valence-corrected chi connectivity index (χ3v) is 12.7. The van der Waals surface area contributed by atoms with Crippen molar-refractivity contribution in [3.05, 3.63) is 201 Å². The Morgan fingerprint density at radius 3 is 1.05 bits per heavy atom. The molecule has 0 atom stereocenters. The molecule has 60 heavy (non-hydrogen) atoms. The number of hydrogen-bond acceptors (Lipinski definition) is 4. The normalized spacial score (nSPS) is 13.4. The van der Waals surface area contributed by atoms with Crippen molar-refractivity contribution in [2.24, 2.45) is 0 Å². The highest BCUT2D eigenvalue weighted by Crippen LogP contribution is 2.62. The van der Waals surface area contributed by atoms with E-state index < -0.39 is 0 Å². The number of hydrogen-bond donors (Lipinski definition) is 0. The molecule has 7 aromatic rings. The fraction of sp³-hybridized carbons (Fsp3) is 0.148. The Morgan fingerprint density at radius 2 is 0.750 bits per heavy atom. The third kappa shape index (κ3) is 5.66. The molecule has 0 amide bonds. The summed E-state index contributed by atoms with van der Waals surface area (Å²) in [5.74, 6) is 0. The number of fused-ring (bicyclic) bond motifs is 7. The van der Waals surface area contributed by atoms with Gasteiger partial charge in [0.15, 0.2) is 11.4 Å². The van der Waals surface area contributed by atoms with E-state index in [9.17, 15) is 10.5 Å². The second kappa shape index (κ2) is 13.9. The lowest BCUT2D eigenvalue weighted by atomic mass is 9.71. The van der Waals surface area contributed by atoms with Crippen LogP contribution in [0.3, 0.4) is 0 Å². The van der Waals surface area contributed by atoms with Crippen LogP contribution in [0, 0.1) is 49.7 Å². The molecule has 7 aromatic carbocycles. The standard InChI is InChI=1S/C54H40N6/c1-33-34(2)50-46-28-26-44(60(41-21-13-37(57-7)14-22-41)42-23-15-38(58-8)16-24-42)30-48(46)54(5,6)52(50)51-49(33)45-27-25-43(29-47(45)53(51,3)4)59(39-17-9-35(31-55)10-18-39)40-19-11-36(32-56)12-20-40/h9-30H,1-6H3. The van der Waals surface area contributed by atoms with Gasteiger partial charge in [0.1, 0.15) is 0 Å². The Balaban J connectivity index is 1.19. The Bertz CT molecular complexity index is 2740. The van der Waals surface area contributed by atoms with Crippen LogP contribution < -0.4 is 9.80 Å². The fourth-order valence-electron chi connectivity index (χ4n) is 9.62. The molecule has 0 radical (unpaired) electrons. The predicted molar refractivity (Wildman–Crippen MR) is 242 cm³/mol. The van der Waals surface area contributed by atoms with Gasteiger partial charge in [-0.05, 0) is 167 Å². The molecule has 2 aliphatic carbocycles. The van der Waals surface area contributed by atoms with Gasteiger partial charge in [0, 0.05) is 45.0 Å². The number of nitrogens with zero attached hydrogens (tertiary/aromatic N) is 6. The molecule has 0 N–H and O–H groups in total. The summed E-state index contributed by atoms with van der Waals surface area (Å²) < 4.78 is 0. The average molecular weight is 773 g/mol. The zero-order chi connectivity index (χ0) is 42.1. The number of nitriles is 2. The molecular formula is C54H40N6. The molecule has 0 aliphatic heterocycles. The summed E-state index contributed by atoms with van der Waals surface area (Å²) in [5, 5.41) is 19.1. The van der Waals surface area contributed by atoms with Crippen LogP contribution in [0.5, 0.6) is 0 Å². The first-order chi connectivity index (χ1) is 28.9. The minimum atomic E-state index is -0.353. The van der Waals surface area contributed by atoms with Gasteiger partial charge in [-0.1, -0.05) is 64.1 Å². The highest BCUT2D eigenvalue weighted by atomic mass is 15.1.